The number of hydrogen-bond acceptors (Lipinski definition) is 4. The van der Waals surface area contributed by atoms with E-state index >= 15 is 0 Å². The van der Waals surface area contributed by atoms with Gasteiger partial charge >= 0.3 is 0 Å². The lowest BCUT2D eigenvalue weighted by atomic mass is 10.1. The minimum Gasteiger partial charge on any atom is -0.483 e. The van der Waals surface area contributed by atoms with E-state index in [1.165, 1.54) is 0 Å². The van der Waals surface area contributed by atoms with Gasteiger partial charge in [-0.1, -0.05) is 11.6 Å². The number of carbonyl (C=O) groups excluding carboxylic acids is 1. The van der Waals surface area contributed by atoms with Crippen molar-refractivity contribution in [2.45, 2.75) is 25.9 Å². The van der Waals surface area contributed by atoms with Crippen LogP contribution in [0, 0.1) is 0 Å². The first-order valence-corrected chi connectivity index (χ1v) is 6.27. The van der Waals surface area contributed by atoms with Gasteiger partial charge in [0, 0.05) is 22.7 Å². The van der Waals surface area contributed by atoms with E-state index in [4.69, 9.17) is 22.1 Å². The molecule has 0 bridgehead atoms. The fourth-order valence-electron chi connectivity index (χ4n) is 1.37. The van der Waals surface area contributed by atoms with E-state index < -0.39 is 11.4 Å². The van der Waals surface area contributed by atoms with Crippen molar-refractivity contribution in [2.75, 3.05) is 13.2 Å². The maximum absolute atomic E-state index is 10.7. The van der Waals surface area contributed by atoms with Gasteiger partial charge in [-0.15, -0.1) is 0 Å². The molecule has 0 heterocycles. The second-order valence-electron chi connectivity index (χ2n) is 4.90. The highest BCUT2D eigenvalue weighted by atomic mass is 35.5. The smallest absolute Gasteiger partial charge is 0.255 e. The first-order valence-electron chi connectivity index (χ1n) is 5.89. The summed E-state index contributed by atoms with van der Waals surface area (Å²) in [5.74, 6) is 0.00832. The van der Waals surface area contributed by atoms with Gasteiger partial charge in [0.1, 0.15) is 5.75 Å². The minimum atomic E-state index is -0.537. The molecule has 0 aliphatic rings. The molecule has 0 radical (unpaired) electrons. The van der Waals surface area contributed by atoms with Gasteiger partial charge < -0.3 is 20.9 Å². The van der Waals surface area contributed by atoms with Crippen molar-refractivity contribution in [3.05, 3.63) is 28.8 Å². The van der Waals surface area contributed by atoms with Crippen molar-refractivity contribution < 1.29 is 14.6 Å². The zero-order valence-corrected chi connectivity index (χ0v) is 11.8. The molecule has 0 aliphatic heterocycles. The summed E-state index contributed by atoms with van der Waals surface area (Å²) < 4.78 is 5.32. The van der Waals surface area contributed by atoms with E-state index in [2.05, 4.69) is 5.32 Å². The third-order valence-electron chi connectivity index (χ3n) is 2.55. The van der Waals surface area contributed by atoms with Gasteiger partial charge in [-0.3, -0.25) is 4.79 Å². The van der Waals surface area contributed by atoms with Crippen LogP contribution in [0.2, 0.25) is 5.02 Å². The second-order valence-corrected chi connectivity index (χ2v) is 5.34. The maximum Gasteiger partial charge on any atom is 0.255 e. The molecule has 1 rings (SSSR count). The summed E-state index contributed by atoms with van der Waals surface area (Å²) in [6.45, 7) is 4.04. The van der Waals surface area contributed by atoms with Crippen molar-refractivity contribution in [3.8, 4) is 5.75 Å². The molecule has 5 nitrogen and oxygen atoms in total. The second kappa shape index (κ2) is 6.75. The molecule has 6 heteroatoms. The number of amides is 1. The first-order chi connectivity index (χ1) is 8.84. The molecule has 4 N–H and O–H groups in total. The average Bonchev–Trinajstić information content (AvgIpc) is 2.35. The quantitative estimate of drug-likeness (QED) is 0.700. The van der Waals surface area contributed by atoms with Gasteiger partial charge in [-0.2, -0.15) is 0 Å². The number of nitrogens with two attached hydrogens (primary N) is 1. The van der Waals surface area contributed by atoms with Crippen LogP contribution in [0.3, 0.4) is 0 Å². The Morgan fingerprint density at radius 1 is 1.53 bits per heavy atom. The number of ether oxygens (including phenoxy) is 1. The van der Waals surface area contributed by atoms with Crippen LogP contribution >= 0.6 is 11.6 Å². The summed E-state index contributed by atoms with van der Waals surface area (Å²) in [5, 5.41) is 12.9. The Bertz CT molecular complexity index is 450. The summed E-state index contributed by atoms with van der Waals surface area (Å²) in [6.07, 6.45) is 0. The van der Waals surface area contributed by atoms with Crippen molar-refractivity contribution in [2.24, 2.45) is 5.73 Å². The summed E-state index contributed by atoms with van der Waals surface area (Å²) in [4.78, 5) is 10.7. The fraction of sp³-hybridized carbons (Fsp3) is 0.462. The normalized spacial score (nSPS) is 11.4. The van der Waals surface area contributed by atoms with Crippen LogP contribution in [0.15, 0.2) is 18.2 Å². The SMILES string of the molecule is CC(C)(CO)NCc1cc(Cl)ccc1OCC(N)=O. The van der Waals surface area contributed by atoms with Crippen molar-refractivity contribution in [3.63, 3.8) is 0 Å². The lowest BCUT2D eigenvalue weighted by Gasteiger charge is -2.24. The molecular formula is C13H19ClN2O3. The number of aliphatic hydroxyl groups excluding tert-OH is 1. The van der Waals surface area contributed by atoms with Gasteiger partial charge in [0.05, 0.1) is 6.61 Å². The monoisotopic (exact) mass is 286 g/mol. The topological polar surface area (TPSA) is 84.6 Å². The molecule has 1 amide bonds. The lowest BCUT2D eigenvalue weighted by molar-refractivity contribution is -0.119. The molecule has 1 aromatic rings. The number of hydrogen-bond donors (Lipinski definition) is 3. The number of nitrogens with one attached hydrogen (secondary N) is 1. The van der Waals surface area contributed by atoms with Crippen LogP contribution in [0.1, 0.15) is 19.4 Å². The number of benzene rings is 1. The molecule has 0 fully saturated rings. The predicted octanol–water partition coefficient (Wildman–Crippen LogP) is 1.06. The van der Waals surface area contributed by atoms with Crippen molar-refractivity contribution in [1.82, 2.24) is 5.32 Å². The van der Waals surface area contributed by atoms with Crippen LogP contribution in [0.25, 0.3) is 0 Å². The number of halogens is 1. The lowest BCUT2D eigenvalue weighted by Crippen LogP contribution is -2.42. The van der Waals surface area contributed by atoms with Gasteiger partial charge in [-0.05, 0) is 32.0 Å². The Balaban J connectivity index is 2.79. The van der Waals surface area contributed by atoms with E-state index in [0.29, 0.717) is 17.3 Å². The Morgan fingerprint density at radius 3 is 2.79 bits per heavy atom. The standard InChI is InChI=1S/C13H19ClN2O3/c1-13(2,8-17)16-6-9-5-10(14)3-4-11(9)19-7-12(15)18/h3-5,16-17H,6-8H2,1-2H3,(H2,15,18). The molecule has 106 valence electrons. The average molecular weight is 287 g/mol. The summed E-state index contributed by atoms with van der Waals surface area (Å²) >= 11 is 5.94. The largest absolute Gasteiger partial charge is 0.483 e. The summed E-state index contributed by atoms with van der Waals surface area (Å²) in [6, 6.07) is 5.12. The maximum atomic E-state index is 10.7. The summed E-state index contributed by atoms with van der Waals surface area (Å²) in [5.41, 5.74) is 5.43. The third-order valence-corrected chi connectivity index (χ3v) is 2.78. The highest BCUT2D eigenvalue weighted by Gasteiger charge is 2.16. The molecule has 0 saturated carbocycles. The Kier molecular flexibility index (Phi) is 5.60. The predicted molar refractivity (Wildman–Crippen MR) is 74.1 cm³/mol. The Labute approximate surface area is 117 Å². The van der Waals surface area contributed by atoms with Gasteiger partial charge in [0.25, 0.3) is 5.91 Å². The van der Waals surface area contributed by atoms with Crippen LogP contribution in [0.5, 0.6) is 5.75 Å². The number of primary amides is 1. The van der Waals surface area contributed by atoms with Crippen LogP contribution in [-0.2, 0) is 11.3 Å². The minimum absolute atomic E-state index is 0.00500. The number of aliphatic hydroxyl groups is 1. The number of carbonyl (C=O) groups is 1. The van der Waals surface area contributed by atoms with E-state index in [9.17, 15) is 9.90 Å². The molecule has 0 unspecified atom stereocenters. The molecular weight excluding hydrogens is 268 g/mol. The molecule has 0 saturated heterocycles. The Morgan fingerprint density at radius 2 is 2.21 bits per heavy atom. The zero-order valence-electron chi connectivity index (χ0n) is 11.1. The van der Waals surface area contributed by atoms with Gasteiger partial charge in [-0.25, -0.2) is 0 Å². The number of rotatable bonds is 7. The molecule has 1 aromatic carbocycles. The van der Waals surface area contributed by atoms with E-state index in [0.717, 1.165) is 5.56 Å². The van der Waals surface area contributed by atoms with Crippen molar-refractivity contribution in [1.29, 1.82) is 0 Å². The third kappa shape index (κ3) is 5.46. The molecule has 19 heavy (non-hydrogen) atoms. The van der Waals surface area contributed by atoms with E-state index in [-0.39, 0.29) is 13.2 Å². The van der Waals surface area contributed by atoms with Crippen molar-refractivity contribution >= 4 is 17.5 Å². The first kappa shape index (κ1) is 15.8. The van der Waals surface area contributed by atoms with E-state index in [1.807, 2.05) is 13.8 Å². The van der Waals surface area contributed by atoms with Gasteiger partial charge in [0.15, 0.2) is 6.61 Å². The summed E-state index contributed by atoms with van der Waals surface area (Å²) in [7, 11) is 0. The highest BCUT2D eigenvalue weighted by molar-refractivity contribution is 6.30. The molecule has 0 atom stereocenters. The van der Waals surface area contributed by atoms with E-state index in [1.54, 1.807) is 18.2 Å². The van der Waals surface area contributed by atoms with Crippen LogP contribution in [-0.4, -0.2) is 29.8 Å². The molecule has 0 spiro atoms. The van der Waals surface area contributed by atoms with Crippen LogP contribution < -0.4 is 15.8 Å². The molecule has 0 aromatic heterocycles. The Hall–Kier alpha value is -1.30. The van der Waals surface area contributed by atoms with Gasteiger partial charge in [0.2, 0.25) is 0 Å². The van der Waals surface area contributed by atoms with Crippen LogP contribution in [0.4, 0.5) is 0 Å². The highest BCUT2D eigenvalue weighted by Crippen LogP contribution is 2.23. The fourth-order valence-corrected chi connectivity index (χ4v) is 1.56. The zero-order chi connectivity index (χ0) is 14.5. The molecule has 0 aliphatic carbocycles.